The van der Waals surface area contributed by atoms with E-state index in [1.165, 1.54) is 16.7 Å². The molecule has 0 spiro atoms. The first-order chi connectivity index (χ1) is 14.1. The number of fused-ring (bicyclic) bond motifs is 1. The molecule has 0 atom stereocenters. The van der Waals surface area contributed by atoms with Crippen LogP contribution in [0.25, 0.3) is 16.3 Å². The molecule has 2 amide bonds. The summed E-state index contributed by atoms with van der Waals surface area (Å²) in [6, 6.07) is 11.9. The number of benzene rings is 1. The number of nitrogens with zero attached hydrogens (tertiary/aromatic N) is 2. The van der Waals surface area contributed by atoms with Crippen molar-refractivity contribution in [3.05, 3.63) is 56.6 Å². The number of para-hydroxylation sites is 1. The van der Waals surface area contributed by atoms with Crippen molar-refractivity contribution < 1.29 is 9.59 Å². The monoisotopic (exact) mass is 459 g/mol. The molecule has 2 aromatic heterocycles. The van der Waals surface area contributed by atoms with E-state index >= 15 is 0 Å². The van der Waals surface area contributed by atoms with Crippen LogP contribution >= 0.6 is 46.7 Å². The van der Waals surface area contributed by atoms with Gasteiger partial charge in [-0.15, -0.1) is 22.7 Å². The molecule has 0 saturated carbocycles. The summed E-state index contributed by atoms with van der Waals surface area (Å²) in [5.41, 5.74) is 0.990. The van der Waals surface area contributed by atoms with Crippen molar-refractivity contribution in [3.63, 3.8) is 0 Å². The van der Waals surface area contributed by atoms with Crippen molar-refractivity contribution in [2.45, 2.75) is 12.8 Å². The summed E-state index contributed by atoms with van der Waals surface area (Å²) in [6.45, 7) is 0.814. The van der Waals surface area contributed by atoms with E-state index in [4.69, 9.17) is 12.2 Å². The summed E-state index contributed by atoms with van der Waals surface area (Å²) in [4.78, 5) is 32.4. The third kappa shape index (κ3) is 4.92. The molecule has 1 fully saturated rings. The fraction of sp³-hybridized carbons (Fsp3) is 0.200. The van der Waals surface area contributed by atoms with Gasteiger partial charge in [-0.2, -0.15) is 0 Å². The molecule has 3 heterocycles. The Morgan fingerprint density at radius 3 is 2.90 bits per heavy atom. The predicted molar refractivity (Wildman–Crippen MR) is 125 cm³/mol. The highest BCUT2D eigenvalue weighted by Crippen LogP contribution is 2.33. The lowest BCUT2D eigenvalue weighted by atomic mass is 10.3. The quantitative estimate of drug-likeness (QED) is 0.421. The first kappa shape index (κ1) is 20.2. The standard InChI is InChI=1S/C20H17N3O2S4/c24-17(21-9-7-18-22-14-5-1-2-6-15(14)28-18)8-10-23-19(25)16(29-20(23)26)12-13-4-3-11-27-13/h1-6,11-12H,7-10H2,(H,21,24)/b16-12-. The largest absolute Gasteiger partial charge is 0.356 e. The maximum Gasteiger partial charge on any atom is 0.266 e. The second-order valence-corrected chi connectivity index (χ2v) is 10.0. The Balaban J connectivity index is 1.25. The van der Waals surface area contributed by atoms with Gasteiger partial charge in [0.05, 0.1) is 20.1 Å². The van der Waals surface area contributed by atoms with Crippen LogP contribution in [0.1, 0.15) is 16.3 Å². The van der Waals surface area contributed by atoms with Gasteiger partial charge in [0.25, 0.3) is 5.91 Å². The average Bonchev–Trinajstić information content (AvgIpc) is 3.41. The summed E-state index contributed by atoms with van der Waals surface area (Å²) >= 11 is 9.82. The van der Waals surface area contributed by atoms with Crippen LogP contribution in [0.5, 0.6) is 0 Å². The minimum atomic E-state index is -0.129. The van der Waals surface area contributed by atoms with Gasteiger partial charge in [-0.25, -0.2) is 4.98 Å². The van der Waals surface area contributed by atoms with Crippen LogP contribution in [-0.2, 0) is 16.0 Å². The van der Waals surface area contributed by atoms with Gasteiger partial charge in [0.2, 0.25) is 5.91 Å². The lowest BCUT2D eigenvalue weighted by molar-refractivity contribution is -0.123. The third-order valence-corrected chi connectivity index (χ3v) is 7.55. The molecule has 148 valence electrons. The molecule has 1 aromatic carbocycles. The first-order valence-corrected chi connectivity index (χ1v) is 11.9. The normalized spacial score (nSPS) is 15.6. The average molecular weight is 460 g/mol. The van der Waals surface area contributed by atoms with Crippen molar-refractivity contribution in [2.75, 3.05) is 13.1 Å². The molecule has 0 radical (unpaired) electrons. The van der Waals surface area contributed by atoms with E-state index in [2.05, 4.69) is 10.3 Å². The summed E-state index contributed by atoms with van der Waals surface area (Å²) < 4.78 is 1.65. The van der Waals surface area contributed by atoms with Gasteiger partial charge in [-0.05, 0) is 29.7 Å². The summed E-state index contributed by atoms with van der Waals surface area (Å²) in [7, 11) is 0. The van der Waals surface area contributed by atoms with E-state index in [1.54, 1.807) is 22.7 Å². The van der Waals surface area contributed by atoms with Crippen molar-refractivity contribution in [2.24, 2.45) is 0 Å². The number of aromatic nitrogens is 1. The lowest BCUT2D eigenvalue weighted by Gasteiger charge is -2.14. The number of thioether (sulfide) groups is 1. The van der Waals surface area contributed by atoms with Crippen LogP contribution in [0, 0.1) is 0 Å². The van der Waals surface area contributed by atoms with Crippen LogP contribution in [0.2, 0.25) is 0 Å². The molecular weight excluding hydrogens is 443 g/mol. The van der Waals surface area contributed by atoms with Gasteiger partial charge < -0.3 is 5.32 Å². The molecule has 1 aliphatic heterocycles. The number of thiocarbonyl (C=S) groups is 1. The van der Waals surface area contributed by atoms with Crippen LogP contribution in [0.3, 0.4) is 0 Å². The number of hydrogen-bond acceptors (Lipinski definition) is 7. The van der Waals surface area contributed by atoms with Crippen molar-refractivity contribution >= 4 is 79.1 Å². The molecule has 4 rings (SSSR count). The van der Waals surface area contributed by atoms with E-state index in [9.17, 15) is 9.59 Å². The van der Waals surface area contributed by atoms with Crippen LogP contribution in [0.4, 0.5) is 0 Å². The molecule has 1 saturated heterocycles. The smallest absolute Gasteiger partial charge is 0.266 e. The second kappa shape index (κ2) is 9.17. The molecule has 0 aliphatic carbocycles. The van der Waals surface area contributed by atoms with Gasteiger partial charge in [-0.3, -0.25) is 14.5 Å². The number of rotatable bonds is 7. The van der Waals surface area contributed by atoms with Crippen molar-refractivity contribution in [1.29, 1.82) is 0 Å². The number of thiophene rings is 1. The Morgan fingerprint density at radius 1 is 1.24 bits per heavy atom. The van der Waals surface area contributed by atoms with Gasteiger partial charge in [-0.1, -0.05) is 42.2 Å². The number of amides is 2. The van der Waals surface area contributed by atoms with Crippen molar-refractivity contribution in [1.82, 2.24) is 15.2 Å². The lowest BCUT2D eigenvalue weighted by Crippen LogP contribution is -2.34. The topological polar surface area (TPSA) is 62.3 Å². The van der Waals surface area contributed by atoms with E-state index in [0.29, 0.717) is 28.7 Å². The summed E-state index contributed by atoms with van der Waals surface area (Å²) in [5, 5.41) is 5.87. The molecule has 29 heavy (non-hydrogen) atoms. The van der Waals surface area contributed by atoms with Crippen LogP contribution < -0.4 is 5.32 Å². The number of thiazole rings is 1. The fourth-order valence-corrected chi connectivity index (χ4v) is 5.83. The molecule has 1 aliphatic rings. The maximum atomic E-state index is 12.6. The molecule has 0 unspecified atom stereocenters. The maximum absolute atomic E-state index is 12.6. The number of carbonyl (C=O) groups is 2. The van der Waals surface area contributed by atoms with E-state index in [1.807, 2.05) is 47.9 Å². The first-order valence-electron chi connectivity index (χ1n) is 9.00. The number of hydrogen-bond donors (Lipinski definition) is 1. The Hall–Kier alpha value is -2.07. The van der Waals surface area contributed by atoms with E-state index in [0.717, 1.165) is 20.1 Å². The predicted octanol–water partition coefficient (Wildman–Crippen LogP) is 4.31. The zero-order valence-corrected chi connectivity index (χ0v) is 18.6. The highest BCUT2D eigenvalue weighted by molar-refractivity contribution is 8.26. The zero-order chi connectivity index (χ0) is 20.2. The molecule has 1 N–H and O–H groups in total. The van der Waals surface area contributed by atoms with Gasteiger partial charge in [0.15, 0.2) is 0 Å². The molecule has 5 nitrogen and oxygen atoms in total. The molecule has 0 bridgehead atoms. The molecular formula is C20H17N3O2S4. The number of nitrogens with one attached hydrogen (secondary N) is 1. The third-order valence-electron chi connectivity index (χ3n) is 4.25. The zero-order valence-electron chi connectivity index (χ0n) is 15.3. The highest BCUT2D eigenvalue weighted by Gasteiger charge is 2.32. The van der Waals surface area contributed by atoms with Gasteiger partial charge in [0.1, 0.15) is 4.32 Å². The van der Waals surface area contributed by atoms with Crippen LogP contribution in [0.15, 0.2) is 46.7 Å². The summed E-state index contributed by atoms with van der Waals surface area (Å²) in [5.74, 6) is -0.224. The number of carbonyl (C=O) groups excluding carboxylic acids is 2. The Morgan fingerprint density at radius 2 is 2.10 bits per heavy atom. The van der Waals surface area contributed by atoms with Gasteiger partial charge in [0, 0.05) is 30.8 Å². The molecule has 9 heteroatoms. The van der Waals surface area contributed by atoms with E-state index < -0.39 is 0 Å². The minimum Gasteiger partial charge on any atom is -0.356 e. The SMILES string of the molecule is O=C(CCN1C(=O)/C(=C/c2cccs2)SC1=S)NCCc1nc2ccccc2s1. The van der Waals surface area contributed by atoms with Gasteiger partial charge >= 0.3 is 0 Å². The Labute approximate surface area is 185 Å². The van der Waals surface area contributed by atoms with Crippen molar-refractivity contribution in [3.8, 4) is 0 Å². The highest BCUT2D eigenvalue weighted by atomic mass is 32.2. The second-order valence-electron chi connectivity index (χ2n) is 6.27. The van der Waals surface area contributed by atoms with Crippen LogP contribution in [-0.4, -0.2) is 39.1 Å². The Bertz CT molecular complexity index is 1060. The fourth-order valence-electron chi connectivity index (χ4n) is 2.83. The summed E-state index contributed by atoms with van der Waals surface area (Å²) in [6.07, 6.45) is 2.76. The molecule has 3 aromatic rings. The Kier molecular flexibility index (Phi) is 6.39. The van der Waals surface area contributed by atoms with E-state index in [-0.39, 0.29) is 18.2 Å². The minimum absolute atomic E-state index is 0.0950.